The normalized spacial score (nSPS) is 11.8. The van der Waals surface area contributed by atoms with Crippen LogP contribution in [-0.2, 0) is 18.3 Å². The largest absolute Gasteiger partial charge is 0.494 e. The highest BCUT2D eigenvalue weighted by Gasteiger charge is 2.23. The van der Waals surface area contributed by atoms with E-state index in [1.807, 2.05) is 13.8 Å². The third kappa shape index (κ3) is 5.59. The number of aryl methyl sites for hydroxylation is 1. The van der Waals surface area contributed by atoms with Crippen molar-refractivity contribution < 1.29 is 19.4 Å². The summed E-state index contributed by atoms with van der Waals surface area (Å²) < 4.78 is 6.47. The molecular weight excluding hydrogens is 388 g/mol. The molecule has 0 aliphatic heterocycles. The van der Waals surface area contributed by atoms with Gasteiger partial charge in [0.2, 0.25) is 0 Å². The van der Waals surface area contributed by atoms with E-state index in [1.165, 1.54) is 22.9 Å². The number of ether oxygens (including phenoxy) is 1. The average Bonchev–Trinajstić information content (AvgIpc) is 2.69. The molecule has 0 saturated carbocycles. The van der Waals surface area contributed by atoms with Crippen molar-refractivity contribution in [3.63, 3.8) is 0 Å². The number of urea groups is 1. The fraction of sp³-hybridized carbons (Fsp3) is 0.429. The highest BCUT2D eigenvalue weighted by Crippen LogP contribution is 2.25. The van der Waals surface area contributed by atoms with Crippen LogP contribution in [0, 0.1) is 5.92 Å². The Morgan fingerprint density at radius 3 is 2.43 bits per heavy atom. The van der Waals surface area contributed by atoms with Crippen molar-refractivity contribution in [2.75, 3.05) is 20.7 Å². The molecule has 1 atom stereocenters. The molecule has 9 heteroatoms. The highest BCUT2D eigenvalue weighted by atomic mass is 16.5. The number of benzene rings is 1. The number of aliphatic carboxylic acids is 1. The predicted octanol–water partition coefficient (Wildman–Crippen LogP) is 1.75. The van der Waals surface area contributed by atoms with Crippen LogP contribution in [0.3, 0.4) is 0 Å². The summed E-state index contributed by atoms with van der Waals surface area (Å²) in [7, 11) is 4.65. The lowest BCUT2D eigenvalue weighted by atomic mass is 10.0. The first-order valence-corrected chi connectivity index (χ1v) is 9.58. The second-order valence-corrected chi connectivity index (χ2v) is 7.53. The van der Waals surface area contributed by atoms with Crippen molar-refractivity contribution >= 4 is 12.0 Å². The molecule has 1 aromatic carbocycles. The van der Waals surface area contributed by atoms with Gasteiger partial charge in [0, 0.05) is 27.1 Å². The molecule has 9 nitrogen and oxygen atoms in total. The van der Waals surface area contributed by atoms with Gasteiger partial charge in [0.1, 0.15) is 6.04 Å². The number of hydrogen-bond donors (Lipinski definition) is 2. The Kier molecular flexibility index (Phi) is 7.57. The summed E-state index contributed by atoms with van der Waals surface area (Å²) in [6, 6.07) is 5.41. The van der Waals surface area contributed by atoms with Crippen LogP contribution in [0.2, 0.25) is 0 Å². The number of rotatable bonds is 8. The third-order valence-electron chi connectivity index (χ3n) is 4.59. The van der Waals surface area contributed by atoms with Gasteiger partial charge in [-0.05, 0) is 17.0 Å². The Bertz CT molecular complexity index is 953. The van der Waals surface area contributed by atoms with Crippen LogP contribution in [0.1, 0.15) is 19.4 Å². The summed E-state index contributed by atoms with van der Waals surface area (Å²) in [5.41, 5.74) is 1.42. The summed E-state index contributed by atoms with van der Waals surface area (Å²) in [5, 5.41) is 16.0. The van der Waals surface area contributed by atoms with Crippen LogP contribution >= 0.6 is 0 Å². The van der Waals surface area contributed by atoms with Crippen LogP contribution < -0.4 is 15.6 Å². The molecule has 0 spiro atoms. The van der Waals surface area contributed by atoms with Gasteiger partial charge in [-0.15, -0.1) is 0 Å². The van der Waals surface area contributed by atoms with Gasteiger partial charge in [-0.25, -0.2) is 14.3 Å². The zero-order valence-electron chi connectivity index (χ0n) is 17.9. The van der Waals surface area contributed by atoms with Gasteiger partial charge in [0.05, 0.1) is 18.9 Å². The standard InChI is InChI=1S/C21H28N4O5/c1-13(2)12-24(3)21(29)23-16(20(27)28)10-14-6-8-15(9-7-14)18-17(30-5)11-22-25(4)19(18)26/h6-9,11,13,16H,10,12H2,1-5H3,(H,23,29)(H,27,28)/t16-/m0/s1. The Labute approximate surface area is 175 Å². The number of carboxylic acid groups (broad SMARTS) is 1. The van der Waals surface area contributed by atoms with Crippen molar-refractivity contribution in [2.45, 2.75) is 26.3 Å². The molecule has 0 aliphatic rings. The van der Waals surface area contributed by atoms with E-state index in [9.17, 15) is 19.5 Å². The number of carbonyl (C=O) groups excluding carboxylic acids is 1. The zero-order valence-corrected chi connectivity index (χ0v) is 17.9. The van der Waals surface area contributed by atoms with Crippen molar-refractivity contribution in [3.8, 4) is 16.9 Å². The molecule has 0 aliphatic carbocycles. The van der Waals surface area contributed by atoms with E-state index in [1.54, 1.807) is 38.4 Å². The fourth-order valence-corrected chi connectivity index (χ4v) is 3.08. The number of methoxy groups -OCH3 is 1. The monoisotopic (exact) mass is 416 g/mol. The topological polar surface area (TPSA) is 114 Å². The molecule has 2 rings (SSSR count). The summed E-state index contributed by atoms with van der Waals surface area (Å²) in [4.78, 5) is 37.8. The molecule has 1 heterocycles. The van der Waals surface area contributed by atoms with E-state index in [4.69, 9.17) is 4.74 Å². The maximum atomic E-state index is 12.5. The minimum absolute atomic E-state index is 0.113. The van der Waals surface area contributed by atoms with E-state index in [0.29, 0.717) is 29.0 Å². The van der Waals surface area contributed by atoms with Gasteiger partial charge in [0.25, 0.3) is 5.56 Å². The van der Waals surface area contributed by atoms with E-state index < -0.39 is 18.0 Å². The number of amides is 2. The Hall–Kier alpha value is -3.36. The summed E-state index contributed by atoms with van der Waals surface area (Å²) in [6.45, 7) is 4.48. The molecule has 0 unspecified atom stereocenters. The molecule has 2 N–H and O–H groups in total. The average molecular weight is 416 g/mol. The molecule has 30 heavy (non-hydrogen) atoms. The number of carbonyl (C=O) groups is 2. The van der Waals surface area contributed by atoms with Crippen LogP contribution in [0.4, 0.5) is 4.79 Å². The van der Waals surface area contributed by atoms with Crippen molar-refractivity contribution in [2.24, 2.45) is 13.0 Å². The Balaban J connectivity index is 2.20. The molecule has 0 saturated heterocycles. The van der Waals surface area contributed by atoms with E-state index in [-0.39, 0.29) is 17.9 Å². The fourth-order valence-electron chi connectivity index (χ4n) is 3.08. The molecule has 2 aromatic rings. The second-order valence-electron chi connectivity index (χ2n) is 7.53. The smallest absolute Gasteiger partial charge is 0.326 e. The van der Waals surface area contributed by atoms with Gasteiger partial charge in [-0.1, -0.05) is 38.1 Å². The van der Waals surface area contributed by atoms with Gasteiger partial charge in [-0.2, -0.15) is 5.10 Å². The van der Waals surface area contributed by atoms with Crippen LogP contribution in [0.5, 0.6) is 5.75 Å². The molecule has 0 fully saturated rings. The maximum absolute atomic E-state index is 12.5. The maximum Gasteiger partial charge on any atom is 0.326 e. The Morgan fingerprint density at radius 1 is 1.27 bits per heavy atom. The summed E-state index contributed by atoms with van der Waals surface area (Å²) in [5.74, 6) is -0.487. The van der Waals surface area contributed by atoms with E-state index in [0.717, 1.165) is 0 Å². The molecule has 162 valence electrons. The predicted molar refractivity (Wildman–Crippen MR) is 113 cm³/mol. The molecule has 1 aromatic heterocycles. The SMILES string of the molecule is COc1cnn(C)c(=O)c1-c1ccc(C[C@H](NC(=O)N(C)CC(C)C)C(=O)O)cc1. The van der Waals surface area contributed by atoms with Gasteiger partial charge in [-0.3, -0.25) is 4.79 Å². The van der Waals surface area contributed by atoms with Crippen LogP contribution in [-0.4, -0.2) is 58.5 Å². The first-order valence-electron chi connectivity index (χ1n) is 9.58. The lowest BCUT2D eigenvalue weighted by molar-refractivity contribution is -0.139. The van der Waals surface area contributed by atoms with Crippen LogP contribution in [0.15, 0.2) is 35.3 Å². The first kappa shape index (κ1) is 22.9. The second kappa shape index (κ2) is 9.91. The number of nitrogens with one attached hydrogen (secondary N) is 1. The van der Waals surface area contributed by atoms with Crippen molar-refractivity contribution in [3.05, 3.63) is 46.4 Å². The van der Waals surface area contributed by atoms with Gasteiger partial charge in [0.15, 0.2) is 5.75 Å². The molecule has 0 radical (unpaired) electrons. The molecular formula is C21H28N4O5. The Morgan fingerprint density at radius 2 is 1.90 bits per heavy atom. The van der Waals surface area contributed by atoms with Crippen molar-refractivity contribution in [1.82, 2.24) is 20.0 Å². The minimum atomic E-state index is -1.12. The van der Waals surface area contributed by atoms with Crippen molar-refractivity contribution in [1.29, 1.82) is 0 Å². The number of aromatic nitrogens is 2. The van der Waals surface area contributed by atoms with E-state index in [2.05, 4.69) is 10.4 Å². The third-order valence-corrected chi connectivity index (χ3v) is 4.59. The van der Waals surface area contributed by atoms with Gasteiger partial charge >= 0.3 is 12.0 Å². The first-order chi connectivity index (χ1) is 14.1. The lowest BCUT2D eigenvalue weighted by Gasteiger charge is -2.23. The minimum Gasteiger partial charge on any atom is -0.494 e. The number of carboxylic acids is 1. The number of nitrogens with zero attached hydrogens (tertiary/aromatic N) is 3. The lowest BCUT2D eigenvalue weighted by Crippen LogP contribution is -2.48. The number of hydrogen-bond acceptors (Lipinski definition) is 5. The summed E-state index contributed by atoms with van der Waals surface area (Å²) in [6.07, 6.45) is 1.58. The van der Waals surface area contributed by atoms with Gasteiger partial charge < -0.3 is 20.1 Å². The summed E-state index contributed by atoms with van der Waals surface area (Å²) >= 11 is 0. The zero-order chi connectivity index (χ0) is 22.4. The molecule has 0 bridgehead atoms. The highest BCUT2D eigenvalue weighted by molar-refractivity contribution is 5.82. The molecule has 2 amide bonds. The van der Waals surface area contributed by atoms with Crippen LogP contribution in [0.25, 0.3) is 11.1 Å². The van der Waals surface area contributed by atoms with E-state index >= 15 is 0 Å². The quantitative estimate of drug-likeness (QED) is 0.678.